The number of aromatic amines is 1. The molecule has 0 saturated heterocycles. The first-order valence-corrected chi connectivity index (χ1v) is 7.84. The van der Waals surface area contributed by atoms with E-state index in [4.69, 9.17) is 23.8 Å². The number of benzene rings is 1. The third-order valence-electron chi connectivity index (χ3n) is 3.92. The fourth-order valence-electron chi connectivity index (χ4n) is 2.89. The Hall–Kier alpha value is -1.19. The maximum Gasteiger partial charge on any atom is 0.130 e. The summed E-state index contributed by atoms with van der Waals surface area (Å²) in [6.45, 7) is 0. The third-order valence-corrected chi connectivity index (χ3v) is 4.50. The first kappa shape index (κ1) is 13.8. The molecule has 0 unspecified atom stereocenters. The van der Waals surface area contributed by atoms with Crippen LogP contribution in [0.1, 0.15) is 48.7 Å². The van der Waals surface area contributed by atoms with Gasteiger partial charge >= 0.3 is 0 Å². The molecule has 0 bridgehead atoms. The largest absolute Gasteiger partial charge is 0.347 e. The van der Waals surface area contributed by atoms with E-state index in [-0.39, 0.29) is 0 Å². The van der Waals surface area contributed by atoms with Crippen molar-refractivity contribution < 1.29 is 0 Å². The summed E-state index contributed by atoms with van der Waals surface area (Å²) in [5, 5.41) is 0.778. The third kappa shape index (κ3) is 3.10. The van der Waals surface area contributed by atoms with Crippen LogP contribution in [0.3, 0.4) is 0 Å². The van der Waals surface area contributed by atoms with Gasteiger partial charge in [0.05, 0.1) is 0 Å². The van der Waals surface area contributed by atoms with E-state index >= 15 is 0 Å². The summed E-state index contributed by atoms with van der Waals surface area (Å²) in [7, 11) is 0. The fourth-order valence-corrected chi connectivity index (χ4v) is 3.33. The van der Waals surface area contributed by atoms with Crippen molar-refractivity contribution in [1.82, 2.24) is 9.97 Å². The van der Waals surface area contributed by atoms with E-state index in [1.54, 1.807) is 0 Å². The van der Waals surface area contributed by atoms with E-state index < -0.39 is 0 Å². The molecular formula is C16H17ClN2S. The van der Waals surface area contributed by atoms with Crippen molar-refractivity contribution in [3.8, 4) is 0 Å². The molecule has 2 aromatic rings. The highest BCUT2D eigenvalue weighted by Gasteiger charge is 2.18. The van der Waals surface area contributed by atoms with Gasteiger partial charge in [0.15, 0.2) is 0 Å². The molecule has 1 fully saturated rings. The lowest BCUT2D eigenvalue weighted by atomic mass is 10.0. The predicted molar refractivity (Wildman–Crippen MR) is 84.9 cm³/mol. The van der Waals surface area contributed by atoms with Gasteiger partial charge in [-0.1, -0.05) is 54.9 Å². The van der Waals surface area contributed by atoms with Gasteiger partial charge in [-0.15, -0.1) is 0 Å². The van der Waals surface area contributed by atoms with Gasteiger partial charge in [0.1, 0.15) is 10.5 Å². The summed E-state index contributed by atoms with van der Waals surface area (Å²) in [6, 6.07) is 9.89. The van der Waals surface area contributed by atoms with Crippen molar-refractivity contribution in [3.63, 3.8) is 0 Å². The molecule has 2 nitrogen and oxygen atoms in total. The summed E-state index contributed by atoms with van der Waals surface area (Å²) < 4.78 is 0.674. The van der Waals surface area contributed by atoms with Crippen LogP contribution >= 0.6 is 23.8 Å². The number of nitrogens with one attached hydrogen (secondary N) is 1. The normalized spacial score (nSPS) is 15.7. The van der Waals surface area contributed by atoms with Gasteiger partial charge in [-0.3, -0.25) is 0 Å². The Morgan fingerprint density at radius 2 is 2.00 bits per heavy atom. The second-order valence-corrected chi connectivity index (χ2v) is 6.20. The van der Waals surface area contributed by atoms with Crippen LogP contribution in [0.15, 0.2) is 30.3 Å². The van der Waals surface area contributed by atoms with E-state index in [0.717, 1.165) is 16.4 Å². The van der Waals surface area contributed by atoms with Gasteiger partial charge in [-0.05, 0) is 36.5 Å². The summed E-state index contributed by atoms with van der Waals surface area (Å²) >= 11 is 11.5. The smallest absolute Gasteiger partial charge is 0.130 e. The Bertz CT molecular complexity index is 660. The van der Waals surface area contributed by atoms with E-state index in [9.17, 15) is 0 Å². The van der Waals surface area contributed by atoms with E-state index in [1.165, 1.54) is 31.4 Å². The molecule has 1 aliphatic carbocycles. The Labute approximate surface area is 129 Å². The van der Waals surface area contributed by atoms with Crippen molar-refractivity contribution in [2.24, 2.45) is 0 Å². The zero-order chi connectivity index (χ0) is 13.9. The minimum Gasteiger partial charge on any atom is -0.347 e. The predicted octanol–water partition coefficient (Wildman–Crippen LogP) is 5.04. The van der Waals surface area contributed by atoms with Gasteiger partial charge in [0.2, 0.25) is 0 Å². The zero-order valence-electron chi connectivity index (χ0n) is 11.2. The second-order valence-electron chi connectivity index (χ2n) is 5.37. The van der Waals surface area contributed by atoms with Crippen molar-refractivity contribution in [2.75, 3.05) is 0 Å². The average molecular weight is 305 g/mol. The minimum absolute atomic E-state index is 0.615. The summed E-state index contributed by atoms with van der Waals surface area (Å²) in [6.07, 6.45) is 5.83. The molecule has 0 radical (unpaired) electrons. The molecule has 1 aromatic heterocycles. The van der Waals surface area contributed by atoms with Crippen LogP contribution in [0.4, 0.5) is 0 Å². The number of halogens is 1. The highest BCUT2D eigenvalue weighted by Crippen LogP contribution is 2.33. The number of H-pyrrole nitrogens is 1. The standard InChI is InChI=1S/C16H17ClN2S/c17-13-8-4-3-7-12(13)9-15-18-14(10-16(20)19-15)11-5-1-2-6-11/h3-4,7-8,10-11H,1-2,5-6,9H2,(H,18,19,20). The molecule has 1 N–H and O–H groups in total. The molecule has 1 aliphatic rings. The quantitative estimate of drug-likeness (QED) is 0.805. The van der Waals surface area contributed by atoms with Gasteiger partial charge in [0, 0.05) is 17.1 Å². The van der Waals surface area contributed by atoms with Gasteiger partial charge in [-0.25, -0.2) is 4.98 Å². The van der Waals surface area contributed by atoms with Crippen LogP contribution in [0.2, 0.25) is 5.02 Å². The molecule has 0 amide bonds. The van der Waals surface area contributed by atoms with Crippen molar-refractivity contribution in [1.29, 1.82) is 0 Å². The Morgan fingerprint density at radius 1 is 1.25 bits per heavy atom. The van der Waals surface area contributed by atoms with Gasteiger partial charge < -0.3 is 4.98 Å². The van der Waals surface area contributed by atoms with Crippen molar-refractivity contribution >= 4 is 23.8 Å². The summed E-state index contributed by atoms with van der Waals surface area (Å²) in [5.74, 6) is 1.53. The first-order chi connectivity index (χ1) is 9.72. The highest BCUT2D eigenvalue weighted by atomic mass is 35.5. The molecule has 0 spiro atoms. The number of hydrogen-bond donors (Lipinski definition) is 1. The molecule has 3 rings (SSSR count). The lowest BCUT2D eigenvalue weighted by Crippen LogP contribution is -2.04. The number of rotatable bonds is 3. The molecular weight excluding hydrogens is 288 g/mol. The Morgan fingerprint density at radius 3 is 2.75 bits per heavy atom. The van der Waals surface area contributed by atoms with Crippen LogP contribution < -0.4 is 0 Å². The zero-order valence-corrected chi connectivity index (χ0v) is 12.8. The second kappa shape index (κ2) is 6.06. The van der Waals surface area contributed by atoms with E-state index in [2.05, 4.69) is 9.97 Å². The SMILES string of the molecule is S=c1cc(C2CCCC2)[nH]c(Cc2ccccc2Cl)n1. The average Bonchev–Trinajstić information content (AvgIpc) is 2.95. The molecule has 0 aliphatic heterocycles. The molecule has 1 heterocycles. The summed E-state index contributed by atoms with van der Waals surface area (Å²) in [4.78, 5) is 7.91. The minimum atomic E-state index is 0.615. The summed E-state index contributed by atoms with van der Waals surface area (Å²) in [5.41, 5.74) is 2.32. The fraction of sp³-hybridized carbons (Fsp3) is 0.375. The number of hydrogen-bond acceptors (Lipinski definition) is 2. The van der Waals surface area contributed by atoms with E-state index in [0.29, 0.717) is 17.0 Å². The maximum absolute atomic E-state index is 6.21. The van der Waals surface area contributed by atoms with Crippen LogP contribution in [0.25, 0.3) is 0 Å². The molecule has 20 heavy (non-hydrogen) atoms. The molecule has 1 saturated carbocycles. The monoisotopic (exact) mass is 304 g/mol. The van der Waals surface area contributed by atoms with Gasteiger partial charge in [-0.2, -0.15) is 0 Å². The molecule has 1 aromatic carbocycles. The van der Waals surface area contributed by atoms with Crippen LogP contribution in [0.5, 0.6) is 0 Å². The molecule has 4 heteroatoms. The van der Waals surface area contributed by atoms with Gasteiger partial charge in [0.25, 0.3) is 0 Å². The van der Waals surface area contributed by atoms with Crippen LogP contribution in [-0.2, 0) is 6.42 Å². The highest BCUT2D eigenvalue weighted by molar-refractivity contribution is 7.71. The molecule has 0 atom stereocenters. The molecule has 104 valence electrons. The lowest BCUT2D eigenvalue weighted by molar-refractivity contribution is 0.685. The Kier molecular flexibility index (Phi) is 4.18. The Balaban J connectivity index is 1.90. The van der Waals surface area contributed by atoms with Crippen LogP contribution in [-0.4, -0.2) is 9.97 Å². The number of aromatic nitrogens is 2. The van der Waals surface area contributed by atoms with Crippen LogP contribution in [0, 0.1) is 4.64 Å². The first-order valence-electron chi connectivity index (χ1n) is 7.06. The topological polar surface area (TPSA) is 28.7 Å². The lowest BCUT2D eigenvalue weighted by Gasteiger charge is -2.12. The van der Waals surface area contributed by atoms with Crippen molar-refractivity contribution in [2.45, 2.75) is 38.0 Å². The van der Waals surface area contributed by atoms with E-state index in [1.807, 2.05) is 30.3 Å². The van der Waals surface area contributed by atoms with Crippen molar-refractivity contribution in [3.05, 3.63) is 57.1 Å². The number of nitrogens with zero attached hydrogens (tertiary/aromatic N) is 1. The maximum atomic E-state index is 6.21.